The summed E-state index contributed by atoms with van der Waals surface area (Å²) < 4.78 is 0. The zero-order valence-electron chi connectivity index (χ0n) is 11.1. The van der Waals surface area contributed by atoms with Gasteiger partial charge in [0, 0.05) is 25.7 Å². The molecule has 2 atom stereocenters. The van der Waals surface area contributed by atoms with E-state index >= 15 is 0 Å². The van der Waals surface area contributed by atoms with E-state index in [0.29, 0.717) is 6.04 Å². The predicted molar refractivity (Wildman–Crippen MR) is 68.6 cm³/mol. The minimum absolute atomic E-state index is 0.147. The van der Waals surface area contributed by atoms with Crippen molar-refractivity contribution in [1.29, 1.82) is 0 Å². The summed E-state index contributed by atoms with van der Waals surface area (Å²) >= 11 is 0. The van der Waals surface area contributed by atoms with Gasteiger partial charge in [-0.05, 0) is 31.7 Å². The van der Waals surface area contributed by atoms with Crippen LogP contribution in [0.5, 0.6) is 0 Å². The van der Waals surface area contributed by atoms with Crippen molar-refractivity contribution in [3.05, 3.63) is 0 Å². The first-order valence-electron chi connectivity index (χ1n) is 6.88. The Balaban J connectivity index is 1.98. The lowest BCUT2D eigenvalue weighted by molar-refractivity contribution is -0.133. The molecule has 98 valence electrons. The number of nitrogens with zero attached hydrogens (tertiary/aromatic N) is 2. The van der Waals surface area contributed by atoms with Crippen molar-refractivity contribution in [2.75, 3.05) is 26.2 Å². The van der Waals surface area contributed by atoms with E-state index in [4.69, 9.17) is 5.73 Å². The second-order valence-electron chi connectivity index (χ2n) is 5.74. The molecule has 0 bridgehead atoms. The first-order chi connectivity index (χ1) is 8.09. The van der Waals surface area contributed by atoms with Gasteiger partial charge in [-0.2, -0.15) is 0 Å². The monoisotopic (exact) mass is 239 g/mol. The second-order valence-corrected chi connectivity index (χ2v) is 5.74. The summed E-state index contributed by atoms with van der Waals surface area (Å²) in [6.07, 6.45) is 3.61. The van der Waals surface area contributed by atoms with Crippen molar-refractivity contribution in [3.63, 3.8) is 0 Å². The van der Waals surface area contributed by atoms with Crippen LogP contribution in [0, 0.1) is 5.92 Å². The van der Waals surface area contributed by atoms with Gasteiger partial charge in [0.1, 0.15) is 0 Å². The molecule has 2 aliphatic heterocycles. The van der Waals surface area contributed by atoms with Crippen LogP contribution in [-0.4, -0.2) is 54.0 Å². The van der Waals surface area contributed by atoms with Crippen LogP contribution in [0.15, 0.2) is 0 Å². The molecule has 1 amide bonds. The van der Waals surface area contributed by atoms with E-state index in [0.717, 1.165) is 26.1 Å². The molecule has 0 aromatic rings. The Kier molecular flexibility index (Phi) is 4.05. The third kappa shape index (κ3) is 2.80. The Morgan fingerprint density at radius 2 is 1.94 bits per heavy atom. The Morgan fingerprint density at radius 3 is 2.65 bits per heavy atom. The highest BCUT2D eigenvalue weighted by molar-refractivity contribution is 5.82. The highest BCUT2D eigenvalue weighted by Gasteiger charge is 2.32. The topological polar surface area (TPSA) is 49.6 Å². The van der Waals surface area contributed by atoms with E-state index < -0.39 is 0 Å². The van der Waals surface area contributed by atoms with Crippen LogP contribution in [0.4, 0.5) is 0 Å². The standard InChI is InChI=1S/C13H25N3O/c1-10(2)12(14)13(17)16-8-4-7-15-6-3-5-11(15)9-16/h10-12H,3-9,14H2,1-2H3. The molecular weight excluding hydrogens is 214 g/mol. The van der Waals surface area contributed by atoms with Gasteiger partial charge in [-0.3, -0.25) is 9.69 Å². The maximum Gasteiger partial charge on any atom is 0.239 e. The van der Waals surface area contributed by atoms with Crippen molar-refractivity contribution < 1.29 is 4.79 Å². The molecule has 2 saturated heterocycles. The fourth-order valence-electron chi connectivity index (χ4n) is 2.90. The number of nitrogens with two attached hydrogens (primary N) is 1. The number of hydrogen-bond donors (Lipinski definition) is 1. The maximum atomic E-state index is 12.3. The van der Waals surface area contributed by atoms with Crippen LogP contribution >= 0.6 is 0 Å². The van der Waals surface area contributed by atoms with E-state index in [1.54, 1.807) is 0 Å². The van der Waals surface area contributed by atoms with E-state index in [2.05, 4.69) is 4.90 Å². The van der Waals surface area contributed by atoms with E-state index in [1.165, 1.54) is 19.4 Å². The van der Waals surface area contributed by atoms with Crippen LogP contribution in [0.1, 0.15) is 33.1 Å². The first-order valence-corrected chi connectivity index (χ1v) is 6.88. The molecule has 0 radical (unpaired) electrons. The van der Waals surface area contributed by atoms with Crippen molar-refractivity contribution in [2.24, 2.45) is 11.7 Å². The zero-order chi connectivity index (χ0) is 12.4. The molecule has 2 heterocycles. The minimum atomic E-state index is -0.331. The van der Waals surface area contributed by atoms with Gasteiger partial charge in [0.05, 0.1) is 6.04 Å². The Morgan fingerprint density at radius 1 is 1.24 bits per heavy atom. The molecule has 2 aliphatic rings. The lowest BCUT2D eigenvalue weighted by Crippen LogP contribution is -2.49. The van der Waals surface area contributed by atoms with E-state index in [1.807, 2.05) is 18.7 Å². The van der Waals surface area contributed by atoms with Crippen molar-refractivity contribution in [2.45, 2.75) is 45.2 Å². The van der Waals surface area contributed by atoms with Gasteiger partial charge in [0.2, 0.25) is 5.91 Å². The number of hydrogen-bond acceptors (Lipinski definition) is 3. The SMILES string of the molecule is CC(C)C(N)C(=O)N1CCCN2CCCC2C1. The largest absolute Gasteiger partial charge is 0.340 e. The molecule has 0 aromatic heterocycles. The van der Waals surface area contributed by atoms with Gasteiger partial charge >= 0.3 is 0 Å². The van der Waals surface area contributed by atoms with Crippen molar-refractivity contribution in [3.8, 4) is 0 Å². The molecule has 0 spiro atoms. The average molecular weight is 239 g/mol. The molecule has 4 nitrogen and oxygen atoms in total. The first kappa shape index (κ1) is 12.8. The Labute approximate surface area is 104 Å². The van der Waals surface area contributed by atoms with E-state index in [-0.39, 0.29) is 17.9 Å². The number of fused-ring (bicyclic) bond motifs is 1. The molecule has 2 fully saturated rings. The number of amides is 1. The quantitative estimate of drug-likeness (QED) is 0.770. The summed E-state index contributed by atoms with van der Waals surface area (Å²) in [6, 6.07) is 0.253. The molecule has 0 saturated carbocycles. The van der Waals surface area contributed by atoms with Gasteiger partial charge < -0.3 is 10.6 Å². The highest BCUT2D eigenvalue weighted by atomic mass is 16.2. The summed E-state index contributed by atoms with van der Waals surface area (Å²) in [5.74, 6) is 0.374. The summed E-state index contributed by atoms with van der Waals surface area (Å²) in [4.78, 5) is 16.8. The Hall–Kier alpha value is -0.610. The summed E-state index contributed by atoms with van der Waals surface area (Å²) in [5, 5.41) is 0. The summed E-state index contributed by atoms with van der Waals surface area (Å²) in [6.45, 7) is 8.16. The molecule has 2 rings (SSSR count). The van der Waals surface area contributed by atoms with Crippen LogP contribution in [-0.2, 0) is 4.79 Å². The van der Waals surface area contributed by atoms with Gasteiger partial charge in [-0.25, -0.2) is 0 Å². The van der Waals surface area contributed by atoms with Crippen molar-refractivity contribution >= 4 is 5.91 Å². The van der Waals surface area contributed by atoms with Crippen LogP contribution in [0.25, 0.3) is 0 Å². The van der Waals surface area contributed by atoms with Crippen LogP contribution < -0.4 is 5.73 Å². The Bertz CT molecular complexity index is 280. The summed E-state index contributed by atoms with van der Waals surface area (Å²) in [5.41, 5.74) is 5.97. The maximum absolute atomic E-state index is 12.3. The normalized spacial score (nSPS) is 28.0. The predicted octanol–water partition coefficient (Wildman–Crippen LogP) is 0.666. The minimum Gasteiger partial charge on any atom is -0.340 e. The number of carbonyl (C=O) groups is 1. The van der Waals surface area contributed by atoms with Gasteiger partial charge in [0.25, 0.3) is 0 Å². The third-order valence-electron chi connectivity index (χ3n) is 4.12. The number of rotatable bonds is 2. The summed E-state index contributed by atoms with van der Waals surface area (Å²) in [7, 11) is 0. The lowest BCUT2D eigenvalue weighted by atomic mass is 10.0. The molecule has 17 heavy (non-hydrogen) atoms. The fourth-order valence-corrected chi connectivity index (χ4v) is 2.90. The highest BCUT2D eigenvalue weighted by Crippen LogP contribution is 2.21. The zero-order valence-corrected chi connectivity index (χ0v) is 11.1. The van der Waals surface area contributed by atoms with E-state index in [9.17, 15) is 4.79 Å². The fraction of sp³-hybridized carbons (Fsp3) is 0.923. The van der Waals surface area contributed by atoms with Crippen LogP contribution in [0.3, 0.4) is 0 Å². The van der Waals surface area contributed by atoms with Crippen molar-refractivity contribution in [1.82, 2.24) is 9.80 Å². The molecule has 2 unspecified atom stereocenters. The van der Waals surface area contributed by atoms with Gasteiger partial charge in [-0.1, -0.05) is 13.8 Å². The molecule has 2 N–H and O–H groups in total. The number of carbonyl (C=O) groups excluding carboxylic acids is 1. The van der Waals surface area contributed by atoms with Crippen LogP contribution in [0.2, 0.25) is 0 Å². The molecule has 0 aromatic carbocycles. The third-order valence-corrected chi connectivity index (χ3v) is 4.12. The smallest absolute Gasteiger partial charge is 0.239 e. The van der Waals surface area contributed by atoms with Gasteiger partial charge in [-0.15, -0.1) is 0 Å². The molecular formula is C13H25N3O. The van der Waals surface area contributed by atoms with Gasteiger partial charge in [0.15, 0.2) is 0 Å². The lowest BCUT2D eigenvalue weighted by Gasteiger charge is -2.28. The molecule has 4 heteroatoms. The second kappa shape index (κ2) is 5.36. The average Bonchev–Trinajstić information content (AvgIpc) is 2.64. The molecule has 0 aliphatic carbocycles.